The van der Waals surface area contributed by atoms with E-state index in [2.05, 4.69) is 10.6 Å². The number of alkyl halides is 3. The monoisotopic (exact) mass is 406 g/mol. The minimum absolute atomic E-state index is 0.139. The molecule has 152 valence electrons. The number of nitrogens with one attached hydrogen (secondary N) is 2. The maximum absolute atomic E-state index is 12.7. The molecule has 0 radical (unpaired) electrons. The number of hydrogen-bond acceptors (Lipinski definition) is 4. The zero-order chi connectivity index (χ0) is 21.0. The Labute approximate surface area is 164 Å². The first-order valence-electron chi connectivity index (χ1n) is 8.78. The molecule has 0 saturated heterocycles. The first-order chi connectivity index (χ1) is 13.7. The third kappa shape index (κ3) is 5.56. The summed E-state index contributed by atoms with van der Waals surface area (Å²) in [6.45, 7) is -0.715. The molecule has 2 aromatic carbocycles. The van der Waals surface area contributed by atoms with Gasteiger partial charge in [0, 0.05) is 6.04 Å². The van der Waals surface area contributed by atoms with Crippen LogP contribution in [0.4, 0.5) is 18.9 Å². The van der Waals surface area contributed by atoms with Crippen molar-refractivity contribution in [2.75, 3.05) is 11.9 Å². The fourth-order valence-electron chi connectivity index (χ4n) is 2.50. The highest BCUT2D eigenvalue weighted by molar-refractivity contribution is 6.04. The molecule has 1 saturated carbocycles. The van der Waals surface area contributed by atoms with E-state index < -0.39 is 30.2 Å². The van der Waals surface area contributed by atoms with Crippen LogP contribution in [-0.2, 0) is 15.7 Å². The van der Waals surface area contributed by atoms with Crippen LogP contribution in [0.5, 0.6) is 0 Å². The number of carbonyl (C=O) groups is 3. The highest BCUT2D eigenvalue weighted by Gasteiger charge is 2.31. The van der Waals surface area contributed by atoms with Crippen LogP contribution < -0.4 is 10.6 Å². The fraction of sp³-hybridized carbons (Fsp3) is 0.250. The normalized spacial score (nSPS) is 13.5. The molecule has 6 nitrogen and oxygen atoms in total. The lowest BCUT2D eigenvalue weighted by Gasteiger charge is -2.12. The van der Waals surface area contributed by atoms with Gasteiger partial charge in [0.1, 0.15) is 0 Å². The largest absolute Gasteiger partial charge is 0.452 e. The van der Waals surface area contributed by atoms with Gasteiger partial charge in [0.15, 0.2) is 6.61 Å². The van der Waals surface area contributed by atoms with Crippen LogP contribution >= 0.6 is 0 Å². The number of hydrogen-bond donors (Lipinski definition) is 2. The molecule has 0 aromatic heterocycles. The zero-order valence-corrected chi connectivity index (χ0v) is 15.1. The van der Waals surface area contributed by atoms with Crippen molar-refractivity contribution in [1.82, 2.24) is 5.32 Å². The van der Waals surface area contributed by atoms with Crippen LogP contribution in [0.2, 0.25) is 0 Å². The highest BCUT2D eigenvalue weighted by atomic mass is 19.4. The quantitative estimate of drug-likeness (QED) is 0.721. The van der Waals surface area contributed by atoms with Crippen LogP contribution in [0.1, 0.15) is 39.1 Å². The molecule has 0 bridgehead atoms. The number of ether oxygens (including phenoxy) is 1. The van der Waals surface area contributed by atoms with Crippen molar-refractivity contribution in [3.05, 3.63) is 65.2 Å². The van der Waals surface area contributed by atoms with Crippen LogP contribution in [0, 0.1) is 0 Å². The summed E-state index contributed by atoms with van der Waals surface area (Å²) in [6, 6.07) is 10.2. The minimum atomic E-state index is -4.60. The molecule has 1 fully saturated rings. The summed E-state index contributed by atoms with van der Waals surface area (Å²) < 4.78 is 43.0. The average molecular weight is 406 g/mol. The molecule has 0 aliphatic heterocycles. The van der Waals surface area contributed by atoms with Crippen LogP contribution in [-0.4, -0.2) is 30.4 Å². The van der Waals surface area contributed by atoms with Gasteiger partial charge in [-0.25, -0.2) is 4.79 Å². The molecule has 0 atom stereocenters. The van der Waals surface area contributed by atoms with Crippen molar-refractivity contribution >= 4 is 23.5 Å². The van der Waals surface area contributed by atoms with E-state index in [1.54, 1.807) is 18.2 Å². The fourth-order valence-corrected chi connectivity index (χ4v) is 2.50. The molecular formula is C20H17F3N2O4. The van der Waals surface area contributed by atoms with Crippen LogP contribution in [0.3, 0.4) is 0 Å². The first-order valence-corrected chi connectivity index (χ1v) is 8.78. The number of carbonyl (C=O) groups excluding carboxylic acids is 3. The van der Waals surface area contributed by atoms with Gasteiger partial charge in [-0.3, -0.25) is 9.59 Å². The predicted octanol–water partition coefficient (Wildman–Crippen LogP) is 3.39. The predicted molar refractivity (Wildman–Crippen MR) is 97.3 cm³/mol. The molecule has 29 heavy (non-hydrogen) atoms. The van der Waals surface area contributed by atoms with Gasteiger partial charge in [0.05, 0.1) is 22.4 Å². The number of rotatable bonds is 6. The second-order valence-corrected chi connectivity index (χ2v) is 6.50. The van der Waals surface area contributed by atoms with Gasteiger partial charge in [-0.2, -0.15) is 13.2 Å². The van der Waals surface area contributed by atoms with Gasteiger partial charge in [-0.15, -0.1) is 0 Å². The summed E-state index contributed by atoms with van der Waals surface area (Å²) in [5.41, 5.74) is -0.813. The van der Waals surface area contributed by atoms with Gasteiger partial charge in [0.25, 0.3) is 11.8 Å². The number of benzene rings is 2. The molecule has 0 heterocycles. The van der Waals surface area contributed by atoms with Gasteiger partial charge < -0.3 is 15.4 Å². The topological polar surface area (TPSA) is 84.5 Å². The van der Waals surface area contributed by atoms with E-state index in [-0.39, 0.29) is 28.8 Å². The van der Waals surface area contributed by atoms with Crippen LogP contribution in [0.15, 0.2) is 48.5 Å². The standard InChI is InChI=1S/C20H17F3N2O4/c21-20(22,23)13-5-3-4-12(10-13)19(28)29-11-17(26)25-16-7-2-1-6-15(16)18(27)24-14-8-9-14/h1-7,10,14H,8-9,11H2,(H,24,27)(H,25,26). The van der Waals surface area contributed by atoms with Gasteiger partial charge >= 0.3 is 12.1 Å². The summed E-state index contributed by atoms with van der Waals surface area (Å²) in [7, 11) is 0. The first kappa shape index (κ1) is 20.4. The summed E-state index contributed by atoms with van der Waals surface area (Å²) >= 11 is 0. The number of esters is 1. The SMILES string of the molecule is O=C(COC(=O)c1cccc(C(F)(F)F)c1)Nc1ccccc1C(=O)NC1CC1. The molecule has 0 unspecified atom stereocenters. The molecule has 2 N–H and O–H groups in total. The lowest BCUT2D eigenvalue weighted by atomic mass is 10.1. The summed E-state index contributed by atoms with van der Waals surface area (Å²) in [6.07, 6.45) is -2.78. The van der Waals surface area contributed by atoms with E-state index in [1.165, 1.54) is 6.07 Å². The van der Waals surface area contributed by atoms with Crippen molar-refractivity contribution in [3.8, 4) is 0 Å². The highest BCUT2D eigenvalue weighted by Crippen LogP contribution is 2.29. The van der Waals surface area contributed by atoms with E-state index in [1.807, 2.05) is 0 Å². The van der Waals surface area contributed by atoms with Gasteiger partial charge in [0.2, 0.25) is 0 Å². The van der Waals surface area contributed by atoms with Crippen molar-refractivity contribution in [3.63, 3.8) is 0 Å². The van der Waals surface area contributed by atoms with Crippen molar-refractivity contribution < 1.29 is 32.3 Å². The van der Waals surface area contributed by atoms with E-state index in [9.17, 15) is 27.6 Å². The Kier molecular flexibility index (Phi) is 5.86. The van der Waals surface area contributed by atoms with Crippen LogP contribution in [0.25, 0.3) is 0 Å². The number of anilines is 1. The van der Waals surface area contributed by atoms with Crippen molar-refractivity contribution in [1.29, 1.82) is 0 Å². The molecule has 2 aromatic rings. The maximum atomic E-state index is 12.7. The van der Waals surface area contributed by atoms with Crippen molar-refractivity contribution in [2.24, 2.45) is 0 Å². The Bertz CT molecular complexity index is 939. The third-order valence-electron chi connectivity index (χ3n) is 4.12. The second-order valence-electron chi connectivity index (χ2n) is 6.50. The summed E-state index contributed by atoms with van der Waals surface area (Å²) in [4.78, 5) is 36.3. The molecular weight excluding hydrogens is 389 g/mol. The number of halogens is 3. The average Bonchev–Trinajstić information content (AvgIpc) is 3.50. The second kappa shape index (κ2) is 8.34. The molecule has 3 rings (SSSR count). The lowest BCUT2D eigenvalue weighted by Crippen LogP contribution is -2.28. The van der Waals surface area contributed by atoms with E-state index >= 15 is 0 Å². The maximum Gasteiger partial charge on any atom is 0.416 e. The molecule has 9 heteroatoms. The Morgan fingerprint density at radius 1 is 1.03 bits per heavy atom. The lowest BCUT2D eigenvalue weighted by molar-refractivity contribution is -0.137. The summed E-state index contributed by atoms with van der Waals surface area (Å²) in [5, 5.41) is 5.28. The Morgan fingerprint density at radius 2 is 1.76 bits per heavy atom. The van der Waals surface area contributed by atoms with Crippen molar-refractivity contribution in [2.45, 2.75) is 25.1 Å². The Morgan fingerprint density at radius 3 is 2.45 bits per heavy atom. The smallest absolute Gasteiger partial charge is 0.416 e. The zero-order valence-electron chi connectivity index (χ0n) is 15.1. The number of para-hydroxylation sites is 1. The molecule has 0 spiro atoms. The molecule has 2 amide bonds. The van der Waals surface area contributed by atoms with Gasteiger partial charge in [-0.05, 0) is 43.2 Å². The van der Waals surface area contributed by atoms with E-state index in [4.69, 9.17) is 4.74 Å². The third-order valence-corrected chi connectivity index (χ3v) is 4.12. The van der Waals surface area contributed by atoms with E-state index in [0.29, 0.717) is 6.07 Å². The Hall–Kier alpha value is -3.36. The number of amides is 2. The van der Waals surface area contributed by atoms with E-state index in [0.717, 1.165) is 31.0 Å². The molecule has 1 aliphatic carbocycles. The Balaban J connectivity index is 1.59. The summed E-state index contributed by atoms with van der Waals surface area (Å²) in [5.74, 6) is -2.12. The minimum Gasteiger partial charge on any atom is -0.452 e. The molecule has 1 aliphatic rings. The van der Waals surface area contributed by atoms with Gasteiger partial charge in [-0.1, -0.05) is 18.2 Å².